The van der Waals surface area contributed by atoms with Crippen molar-refractivity contribution in [2.24, 2.45) is 0 Å². The molecule has 0 aromatic carbocycles. The summed E-state index contributed by atoms with van der Waals surface area (Å²) in [6.07, 6.45) is 2.51. The lowest BCUT2D eigenvalue weighted by Crippen LogP contribution is -2.36. The zero-order chi connectivity index (χ0) is 17.4. The maximum Gasteiger partial charge on any atom is 0.435 e. The number of nitrogens with zero attached hydrogens (tertiary/aromatic N) is 5. The number of pyridine rings is 1. The monoisotopic (exact) mass is 349 g/mol. The minimum atomic E-state index is -4.39. The Morgan fingerprint density at radius 3 is 2.84 bits per heavy atom. The molecule has 0 bridgehead atoms. The first-order chi connectivity index (χ1) is 12.0. The molecule has 4 heterocycles. The molecule has 1 saturated heterocycles. The molecule has 5 nitrogen and oxygen atoms in total. The average molecular weight is 349 g/mol. The molecule has 1 atom stereocenters. The lowest BCUT2D eigenvalue weighted by atomic mass is 10.1. The molecule has 3 aromatic rings. The summed E-state index contributed by atoms with van der Waals surface area (Å²) < 4.78 is 41.8. The van der Waals surface area contributed by atoms with Crippen molar-refractivity contribution in [2.75, 3.05) is 13.1 Å². The van der Waals surface area contributed by atoms with Crippen LogP contribution < -0.4 is 0 Å². The number of alkyl halides is 3. The third kappa shape index (κ3) is 3.26. The third-order valence-electron chi connectivity index (χ3n) is 4.65. The maximum atomic E-state index is 12.8. The van der Waals surface area contributed by atoms with Gasteiger partial charge in [-0.1, -0.05) is 6.07 Å². The Balaban J connectivity index is 1.49. The second-order valence-electron chi connectivity index (χ2n) is 6.38. The van der Waals surface area contributed by atoms with Gasteiger partial charge in [0.15, 0.2) is 5.69 Å². The maximum absolute atomic E-state index is 12.8. The zero-order valence-corrected chi connectivity index (χ0v) is 13.5. The highest BCUT2D eigenvalue weighted by molar-refractivity contribution is 5.39. The first-order valence-electron chi connectivity index (χ1n) is 8.26. The van der Waals surface area contributed by atoms with E-state index in [0.29, 0.717) is 6.54 Å². The smallest absolute Gasteiger partial charge is 0.303 e. The zero-order valence-electron chi connectivity index (χ0n) is 13.5. The number of piperidine rings is 1. The fourth-order valence-corrected chi connectivity index (χ4v) is 3.45. The van der Waals surface area contributed by atoms with E-state index in [0.717, 1.165) is 43.3 Å². The SMILES string of the molecule is FC(F)(F)c1ccn([C@@H]2CCCN(Cc3cccc4nccn34)C2)n1. The molecule has 1 aliphatic heterocycles. The number of likely N-dealkylation sites (tertiary alicyclic amines) is 1. The normalized spacial score (nSPS) is 19.6. The fourth-order valence-electron chi connectivity index (χ4n) is 3.45. The van der Waals surface area contributed by atoms with Crippen molar-refractivity contribution < 1.29 is 13.2 Å². The van der Waals surface area contributed by atoms with Crippen molar-refractivity contribution in [3.63, 3.8) is 0 Å². The number of aromatic nitrogens is 4. The minimum Gasteiger partial charge on any atom is -0.303 e. The molecule has 3 aromatic heterocycles. The number of rotatable bonds is 3. The van der Waals surface area contributed by atoms with Gasteiger partial charge in [0.2, 0.25) is 0 Å². The van der Waals surface area contributed by atoms with Crippen LogP contribution in [0.5, 0.6) is 0 Å². The lowest BCUT2D eigenvalue weighted by Gasteiger charge is -2.33. The van der Waals surface area contributed by atoms with Crippen LogP contribution in [-0.4, -0.2) is 37.2 Å². The number of imidazole rings is 1. The Morgan fingerprint density at radius 2 is 2.04 bits per heavy atom. The van der Waals surface area contributed by atoms with E-state index >= 15 is 0 Å². The Hall–Kier alpha value is -2.35. The predicted molar refractivity (Wildman–Crippen MR) is 86.0 cm³/mol. The summed E-state index contributed by atoms with van der Waals surface area (Å²) in [6, 6.07) is 6.98. The molecule has 132 valence electrons. The average Bonchev–Trinajstić information content (AvgIpc) is 3.25. The van der Waals surface area contributed by atoms with Gasteiger partial charge in [-0.2, -0.15) is 18.3 Å². The van der Waals surface area contributed by atoms with Gasteiger partial charge in [0, 0.05) is 37.4 Å². The van der Waals surface area contributed by atoms with Gasteiger partial charge in [0.05, 0.1) is 6.04 Å². The molecule has 0 unspecified atom stereocenters. The number of hydrogen-bond acceptors (Lipinski definition) is 3. The molecule has 0 amide bonds. The first kappa shape index (κ1) is 16.1. The third-order valence-corrected chi connectivity index (χ3v) is 4.65. The van der Waals surface area contributed by atoms with Gasteiger partial charge < -0.3 is 4.40 Å². The summed E-state index contributed by atoms with van der Waals surface area (Å²) in [5.74, 6) is 0. The van der Waals surface area contributed by atoms with E-state index in [9.17, 15) is 13.2 Å². The van der Waals surface area contributed by atoms with Crippen LogP contribution in [0.1, 0.15) is 30.3 Å². The molecule has 1 fully saturated rings. The van der Waals surface area contributed by atoms with Crippen molar-refractivity contribution in [3.8, 4) is 0 Å². The van der Waals surface area contributed by atoms with E-state index in [1.807, 2.05) is 28.8 Å². The molecular weight excluding hydrogens is 331 g/mol. The van der Waals surface area contributed by atoms with Gasteiger partial charge in [-0.3, -0.25) is 9.58 Å². The summed E-state index contributed by atoms with van der Waals surface area (Å²) in [4.78, 5) is 6.55. The second-order valence-corrected chi connectivity index (χ2v) is 6.38. The van der Waals surface area contributed by atoms with Crippen molar-refractivity contribution in [3.05, 3.63) is 54.2 Å². The van der Waals surface area contributed by atoms with Crippen molar-refractivity contribution in [1.82, 2.24) is 24.1 Å². The molecule has 0 aliphatic carbocycles. The van der Waals surface area contributed by atoms with Crippen LogP contribution in [0.15, 0.2) is 42.9 Å². The lowest BCUT2D eigenvalue weighted by molar-refractivity contribution is -0.141. The first-order valence-corrected chi connectivity index (χ1v) is 8.26. The van der Waals surface area contributed by atoms with Crippen LogP contribution >= 0.6 is 0 Å². The van der Waals surface area contributed by atoms with Crippen LogP contribution in [0.3, 0.4) is 0 Å². The van der Waals surface area contributed by atoms with E-state index in [-0.39, 0.29) is 6.04 Å². The summed E-state index contributed by atoms with van der Waals surface area (Å²) in [6.45, 7) is 2.34. The largest absolute Gasteiger partial charge is 0.435 e. The van der Waals surface area contributed by atoms with E-state index in [2.05, 4.69) is 15.0 Å². The number of fused-ring (bicyclic) bond motifs is 1. The minimum absolute atomic E-state index is 0.0353. The standard InChI is InChI=1S/C17H18F3N5/c18-17(19,20)15-6-9-25(22-15)14-4-2-8-23(12-14)11-13-3-1-5-16-21-7-10-24(13)16/h1,3,5-7,9-10,14H,2,4,8,11-12H2/t14-/m1/s1. The molecular formula is C17H18F3N5. The van der Waals surface area contributed by atoms with E-state index < -0.39 is 11.9 Å². The van der Waals surface area contributed by atoms with Gasteiger partial charge in [0.25, 0.3) is 0 Å². The van der Waals surface area contributed by atoms with E-state index in [4.69, 9.17) is 0 Å². The molecule has 4 rings (SSSR count). The molecule has 0 radical (unpaired) electrons. The highest BCUT2D eigenvalue weighted by Gasteiger charge is 2.34. The van der Waals surface area contributed by atoms with Gasteiger partial charge in [-0.25, -0.2) is 4.98 Å². The molecule has 8 heteroatoms. The molecule has 0 saturated carbocycles. The molecule has 0 N–H and O–H groups in total. The highest BCUT2D eigenvalue weighted by Crippen LogP contribution is 2.29. The number of hydrogen-bond donors (Lipinski definition) is 0. The second kappa shape index (κ2) is 6.18. The van der Waals surface area contributed by atoms with Crippen molar-refractivity contribution >= 4 is 5.65 Å². The molecule has 25 heavy (non-hydrogen) atoms. The summed E-state index contributed by atoms with van der Waals surface area (Å²) in [5, 5.41) is 3.74. The summed E-state index contributed by atoms with van der Waals surface area (Å²) in [5.41, 5.74) is 1.19. The summed E-state index contributed by atoms with van der Waals surface area (Å²) in [7, 11) is 0. The van der Waals surface area contributed by atoms with Gasteiger partial charge >= 0.3 is 6.18 Å². The van der Waals surface area contributed by atoms with Gasteiger partial charge in [-0.05, 0) is 37.6 Å². The highest BCUT2D eigenvalue weighted by atomic mass is 19.4. The number of halogens is 3. The van der Waals surface area contributed by atoms with Gasteiger partial charge in [0.1, 0.15) is 5.65 Å². The summed E-state index contributed by atoms with van der Waals surface area (Å²) >= 11 is 0. The Morgan fingerprint density at radius 1 is 1.16 bits per heavy atom. The van der Waals surface area contributed by atoms with E-state index in [1.54, 1.807) is 6.20 Å². The quantitative estimate of drug-likeness (QED) is 0.728. The van der Waals surface area contributed by atoms with Crippen LogP contribution in [0.4, 0.5) is 13.2 Å². The van der Waals surface area contributed by atoms with Crippen LogP contribution in [0.25, 0.3) is 5.65 Å². The van der Waals surface area contributed by atoms with Crippen LogP contribution in [0.2, 0.25) is 0 Å². The molecule has 1 aliphatic rings. The fraction of sp³-hybridized carbons (Fsp3) is 0.412. The Bertz CT molecular complexity index is 866. The van der Waals surface area contributed by atoms with Crippen molar-refractivity contribution in [1.29, 1.82) is 0 Å². The van der Waals surface area contributed by atoms with Gasteiger partial charge in [-0.15, -0.1) is 0 Å². The Kier molecular flexibility index (Phi) is 3.99. The van der Waals surface area contributed by atoms with Crippen LogP contribution in [-0.2, 0) is 12.7 Å². The van der Waals surface area contributed by atoms with Crippen molar-refractivity contribution in [2.45, 2.75) is 31.6 Å². The van der Waals surface area contributed by atoms with E-state index in [1.165, 1.54) is 10.9 Å². The molecule has 0 spiro atoms. The van der Waals surface area contributed by atoms with Crippen LogP contribution in [0, 0.1) is 0 Å². The topological polar surface area (TPSA) is 38.4 Å². The Labute approximate surface area is 142 Å². The predicted octanol–water partition coefficient (Wildman–Crippen LogP) is 3.39.